The van der Waals surface area contributed by atoms with Crippen molar-refractivity contribution in [2.24, 2.45) is 5.73 Å². The van der Waals surface area contributed by atoms with Crippen molar-refractivity contribution < 1.29 is 9.53 Å². The Kier molecular flexibility index (Phi) is 6.44. The Hall–Kier alpha value is -1.35. The lowest BCUT2D eigenvalue weighted by Gasteiger charge is -2.10. The van der Waals surface area contributed by atoms with Crippen LogP contribution < -0.4 is 10.5 Å². The molecule has 18 heavy (non-hydrogen) atoms. The van der Waals surface area contributed by atoms with Crippen LogP contribution in [0, 0.1) is 0 Å². The van der Waals surface area contributed by atoms with Crippen molar-refractivity contribution in [3.63, 3.8) is 0 Å². The zero-order valence-electron chi connectivity index (χ0n) is 11.3. The van der Waals surface area contributed by atoms with E-state index >= 15 is 0 Å². The van der Waals surface area contributed by atoms with E-state index in [1.807, 2.05) is 38.1 Å². The molecular formula is C15H23NO2. The molecule has 0 aliphatic heterocycles. The lowest BCUT2D eigenvalue weighted by molar-refractivity contribution is 0.0978. The van der Waals surface area contributed by atoms with Crippen LogP contribution in [0.1, 0.15) is 49.9 Å². The summed E-state index contributed by atoms with van der Waals surface area (Å²) < 4.78 is 5.58. The van der Waals surface area contributed by atoms with Crippen LogP contribution >= 0.6 is 0 Å². The predicted molar refractivity (Wildman–Crippen MR) is 74.1 cm³/mol. The molecule has 0 spiro atoms. The van der Waals surface area contributed by atoms with Gasteiger partial charge in [0.2, 0.25) is 0 Å². The second-order valence-corrected chi connectivity index (χ2v) is 4.72. The summed E-state index contributed by atoms with van der Waals surface area (Å²) in [7, 11) is 0. The standard InChI is InChI=1S/C15H23NO2/c1-12(2)18-14-8-6-7-13(11-14)15(17)9-4-3-5-10-16/h6-8,11-12H,3-5,9-10,16H2,1-2H3. The van der Waals surface area contributed by atoms with E-state index in [1.54, 1.807) is 0 Å². The van der Waals surface area contributed by atoms with Gasteiger partial charge in [-0.15, -0.1) is 0 Å². The highest BCUT2D eigenvalue weighted by Crippen LogP contribution is 2.17. The fourth-order valence-corrected chi connectivity index (χ4v) is 1.77. The number of hydrogen-bond donors (Lipinski definition) is 1. The van der Waals surface area contributed by atoms with Crippen LogP contribution in [0.15, 0.2) is 24.3 Å². The molecule has 3 nitrogen and oxygen atoms in total. The van der Waals surface area contributed by atoms with Gasteiger partial charge in [-0.1, -0.05) is 18.6 Å². The summed E-state index contributed by atoms with van der Waals surface area (Å²) in [6.07, 6.45) is 3.63. The topological polar surface area (TPSA) is 52.3 Å². The minimum absolute atomic E-state index is 0.125. The minimum Gasteiger partial charge on any atom is -0.491 e. The van der Waals surface area contributed by atoms with Gasteiger partial charge in [-0.05, 0) is 45.4 Å². The van der Waals surface area contributed by atoms with E-state index in [1.165, 1.54) is 0 Å². The molecule has 0 atom stereocenters. The Balaban J connectivity index is 2.51. The van der Waals surface area contributed by atoms with Crippen molar-refractivity contribution in [3.05, 3.63) is 29.8 Å². The maximum Gasteiger partial charge on any atom is 0.163 e. The monoisotopic (exact) mass is 249 g/mol. The van der Waals surface area contributed by atoms with Crippen LogP contribution in [0.3, 0.4) is 0 Å². The highest BCUT2D eigenvalue weighted by Gasteiger charge is 2.07. The van der Waals surface area contributed by atoms with Crippen LogP contribution in [0.2, 0.25) is 0 Å². The second kappa shape index (κ2) is 7.88. The maximum atomic E-state index is 12.0. The molecule has 0 amide bonds. The van der Waals surface area contributed by atoms with E-state index in [-0.39, 0.29) is 11.9 Å². The number of carbonyl (C=O) groups excluding carboxylic acids is 1. The fraction of sp³-hybridized carbons (Fsp3) is 0.533. The molecule has 2 N–H and O–H groups in total. The van der Waals surface area contributed by atoms with Crippen molar-refractivity contribution in [3.8, 4) is 5.75 Å². The van der Waals surface area contributed by atoms with E-state index in [0.29, 0.717) is 13.0 Å². The predicted octanol–water partition coefficient (Wildman–Crippen LogP) is 3.18. The molecule has 0 fully saturated rings. The molecular weight excluding hydrogens is 226 g/mol. The first-order chi connectivity index (χ1) is 8.63. The molecule has 0 aliphatic rings. The number of unbranched alkanes of at least 4 members (excludes halogenated alkanes) is 2. The molecule has 1 aromatic carbocycles. The van der Waals surface area contributed by atoms with Crippen LogP contribution in [0.5, 0.6) is 5.75 Å². The number of rotatable bonds is 8. The van der Waals surface area contributed by atoms with Crippen molar-refractivity contribution in [1.29, 1.82) is 0 Å². The summed E-state index contributed by atoms with van der Waals surface area (Å²) in [6, 6.07) is 7.42. The number of Topliss-reactive ketones (excluding diaryl/α,β-unsaturated/α-hetero) is 1. The number of nitrogens with two attached hydrogens (primary N) is 1. The summed E-state index contributed by atoms with van der Waals surface area (Å²) in [5, 5.41) is 0. The summed E-state index contributed by atoms with van der Waals surface area (Å²) in [6.45, 7) is 4.65. The Morgan fingerprint density at radius 3 is 2.72 bits per heavy atom. The molecule has 0 heterocycles. The van der Waals surface area contributed by atoms with Crippen molar-refractivity contribution in [1.82, 2.24) is 0 Å². The second-order valence-electron chi connectivity index (χ2n) is 4.72. The zero-order chi connectivity index (χ0) is 13.4. The molecule has 0 bridgehead atoms. The van der Waals surface area contributed by atoms with Gasteiger partial charge in [0.25, 0.3) is 0 Å². The van der Waals surface area contributed by atoms with Crippen molar-refractivity contribution in [2.75, 3.05) is 6.54 Å². The minimum atomic E-state index is 0.125. The number of ether oxygens (including phenoxy) is 1. The summed E-state index contributed by atoms with van der Waals surface area (Å²) in [5.41, 5.74) is 6.16. The first-order valence-corrected chi connectivity index (χ1v) is 6.63. The SMILES string of the molecule is CC(C)Oc1cccc(C(=O)CCCCCN)c1. The van der Waals surface area contributed by atoms with Gasteiger partial charge < -0.3 is 10.5 Å². The molecule has 100 valence electrons. The van der Waals surface area contributed by atoms with E-state index in [9.17, 15) is 4.79 Å². The van der Waals surface area contributed by atoms with E-state index in [4.69, 9.17) is 10.5 Å². The molecule has 0 aliphatic carbocycles. The normalized spacial score (nSPS) is 10.7. The number of ketones is 1. The van der Waals surface area contributed by atoms with Crippen molar-refractivity contribution >= 4 is 5.78 Å². The van der Waals surface area contributed by atoms with Crippen molar-refractivity contribution in [2.45, 2.75) is 45.6 Å². The Bertz CT molecular complexity index is 375. The lowest BCUT2D eigenvalue weighted by atomic mass is 10.0. The van der Waals surface area contributed by atoms with E-state index in [0.717, 1.165) is 30.6 Å². The third-order valence-electron chi connectivity index (χ3n) is 2.64. The van der Waals surface area contributed by atoms with Gasteiger partial charge in [-0.25, -0.2) is 0 Å². The van der Waals surface area contributed by atoms with Crippen LogP contribution in [-0.4, -0.2) is 18.4 Å². The largest absolute Gasteiger partial charge is 0.491 e. The highest BCUT2D eigenvalue weighted by molar-refractivity contribution is 5.96. The van der Waals surface area contributed by atoms with Gasteiger partial charge in [0, 0.05) is 12.0 Å². The first kappa shape index (κ1) is 14.7. The maximum absolute atomic E-state index is 12.0. The molecule has 0 aromatic heterocycles. The van der Waals surface area contributed by atoms with Crippen LogP contribution in [0.4, 0.5) is 0 Å². The van der Waals surface area contributed by atoms with Gasteiger partial charge in [0.05, 0.1) is 6.10 Å². The fourth-order valence-electron chi connectivity index (χ4n) is 1.77. The summed E-state index contributed by atoms with van der Waals surface area (Å²) >= 11 is 0. The van der Waals surface area contributed by atoms with Crippen LogP contribution in [-0.2, 0) is 0 Å². The Morgan fingerprint density at radius 1 is 1.28 bits per heavy atom. The summed E-state index contributed by atoms with van der Waals surface area (Å²) in [4.78, 5) is 12.0. The molecule has 3 heteroatoms. The number of carbonyl (C=O) groups is 1. The average molecular weight is 249 g/mol. The smallest absolute Gasteiger partial charge is 0.163 e. The average Bonchev–Trinajstić information content (AvgIpc) is 2.34. The van der Waals surface area contributed by atoms with Gasteiger partial charge in [0.15, 0.2) is 5.78 Å². The number of benzene rings is 1. The molecule has 1 rings (SSSR count). The molecule has 0 saturated heterocycles. The Morgan fingerprint density at radius 2 is 2.06 bits per heavy atom. The molecule has 0 radical (unpaired) electrons. The van der Waals surface area contributed by atoms with Gasteiger partial charge >= 0.3 is 0 Å². The van der Waals surface area contributed by atoms with E-state index < -0.39 is 0 Å². The van der Waals surface area contributed by atoms with Crippen LogP contribution in [0.25, 0.3) is 0 Å². The zero-order valence-corrected chi connectivity index (χ0v) is 11.3. The molecule has 0 saturated carbocycles. The first-order valence-electron chi connectivity index (χ1n) is 6.63. The third kappa shape index (κ3) is 5.32. The quantitative estimate of drug-likeness (QED) is 0.568. The lowest BCUT2D eigenvalue weighted by Crippen LogP contribution is -2.06. The molecule has 1 aromatic rings. The van der Waals surface area contributed by atoms with Gasteiger partial charge in [-0.3, -0.25) is 4.79 Å². The highest BCUT2D eigenvalue weighted by atomic mass is 16.5. The Labute approximate surface area is 109 Å². The summed E-state index contributed by atoms with van der Waals surface area (Å²) in [5.74, 6) is 0.944. The number of hydrogen-bond acceptors (Lipinski definition) is 3. The molecule has 0 unspecified atom stereocenters. The van der Waals surface area contributed by atoms with Gasteiger partial charge in [-0.2, -0.15) is 0 Å². The third-order valence-corrected chi connectivity index (χ3v) is 2.64. The van der Waals surface area contributed by atoms with E-state index in [2.05, 4.69) is 0 Å². The van der Waals surface area contributed by atoms with Gasteiger partial charge in [0.1, 0.15) is 5.75 Å².